The van der Waals surface area contributed by atoms with Gasteiger partial charge in [-0.25, -0.2) is 8.42 Å². The van der Waals surface area contributed by atoms with Crippen molar-refractivity contribution in [2.75, 3.05) is 18.1 Å². The van der Waals surface area contributed by atoms with Crippen molar-refractivity contribution in [3.63, 3.8) is 0 Å². The lowest BCUT2D eigenvalue weighted by Gasteiger charge is -2.25. The average Bonchev–Trinajstić information content (AvgIpc) is 2.94. The first-order valence-electron chi connectivity index (χ1n) is 6.57. The predicted octanol–water partition coefficient (Wildman–Crippen LogP) is -0.0233. The molecule has 1 atom stereocenters. The van der Waals surface area contributed by atoms with Crippen LogP contribution in [-0.2, 0) is 27.7 Å². The van der Waals surface area contributed by atoms with Crippen molar-refractivity contribution >= 4 is 15.8 Å². The molecular formula is C12H19N3O4S. The Hall–Kier alpha value is -1.41. The van der Waals surface area contributed by atoms with E-state index in [1.54, 1.807) is 15.8 Å². The Balaban J connectivity index is 2.09. The number of aliphatic carboxylic acids is 1. The minimum Gasteiger partial charge on any atom is -0.480 e. The Morgan fingerprint density at radius 1 is 1.60 bits per heavy atom. The van der Waals surface area contributed by atoms with Gasteiger partial charge in [-0.15, -0.1) is 0 Å². The Kier molecular flexibility index (Phi) is 4.44. The van der Waals surface area contributed by atoms with Crippen molar-refractivity contribution in [2.45, 2.75) is 32.5 Å². The standard InChI is InChI=1S/C12H19N3O4S/c1-2-15-7-10(5-13-15)6-14(8-12(16)17)11-3-4-20(18,19)9-11/h5,7,11H,2-4,6,8-9H2,1H3,(H,16,17). The number of hydrogen-bond acceptors (Lipinski definition) is 5. The third-order valence-electron chi connectivity index (χ3n) is 3.46. The minimum absolute atomic E-state index is 0.0438. The van der Waals surface area contributed by atoms with Crippen molar-refractivity contribution in [3.05, 3.63) is 18.0 Å². The molecule has 1 unspecified atom stereocenters. The van der Waals surface area contributed by atoms with E-state index < -0.39 is 15.8 Å². The molecule has 1 N–H and O–H groups in total. The zero-order valence-corrected chi connectivity index (χ0v) is 12.2. The van der Waals surface area contributed by atoms with Crippen LogP contribution in [0.2, 0.25) is 0 Å². The van der Waals surface area contributed by atoms with Gasteiger partial charge < -0.3 is 5.11 Å². The van der Waals surface area contributed by atoms with Gasteiger partial charge in [0, 0.05) is 30.9 Å². The molecule has 1 aromatic heterocycles. The van der Waals surface area contributed by atoms with Crippen LogP contribution < -0.4 is 0 Å². The minimum atomic E-state index is -3.02. The van der Waals surface area contributed by atoms with E-state index >= 15 is 0 Å². The summed E-state index contributed by atoms with van der Waals surface area (Å²) in [6, 6.07) is -0.221. The zero-order chi connectivity index (χ0) is 14.8. The molecule has 0 bridgehead atoms. The van der Waals surface area contributed by atoms with Crippen LogP contribution in [-0.4, -0.2) is 58.3 Å². The van der Waals surface area contributed by atoms with E-state index in [4.69, 9.17) is 5.11 Å². The number of sulfone groups is 1. The van der Waals surface area contributed by atoms with Crippen molar-refractivity contribution in [3.8, 4) is 0 Å². The summed E-state index contributed by atoms with van der Waals surface area (Å²) >= 11 is 0. The zero-order valence-electron chi connectivity index (χ0n) is 11.4. The fourth-order valence-electron chi connectivity index (χ4n) is 2.45. The first-order chi connectivity index (χ1) is 9.39. The molecule has 7 nitrogen and oxygen atoms in total. The first-order valence-corrected chi connectivity index (χ1v) is 8.39. The number of aryl methyl sites for hydroxylation is 1. The number of carboxylic acid groups (broad SMARTS) is 1. The molecule has 0 amide bonds. The summed E-state index contributed by atoms with van der Waals surface area (Å²) in [5.41, 5.74) is 0.900. The number of aromatic nitrogens is 2. The summed E-state index contributed by atoms with van der Waals surface area (Å²) in [6.45, 7) is 2.97. The Morgan fingerprint density at radius 2 is 2.35 bits per heavy atom. The third-order valence-corrected chi connectivity index (χ3v) is 5.21. The molecule has 0 radical (unpaired) electrons. The average molecular weight is 301 g/mol. The summed E-state index contributed by atoms with van der Waals surface area (Å²) in [6.07, 6.45) is 4.05. The van der Waals surface area contributed by atoms with Crippen LogP contribution >= 0.6 is 0 Å². The van der Waals surface area contributed by atoms with Gasteiger partial charge in [0.05, 0.1) is 24.2 Å². The van der Waals surface area contributed by atoms with Crippen LogP contribution in [0.1, 0.15) is 18.9 Å². The molecule has 0 aromatic carbocycles. The van der Waals surface area contributed by atoms with E-state index in [0.29, 0.717) is 13.0 Å². The molecule has 0 aliphatic carbocycles. The molecule has 2 rings (SSSR count). The smallest absolute Gasteiger partial charge is 0.317 e. The normalized spacial score (nSPS) is 21.4. The highest BCUT2D eigenvalue weighted by Crippen LogP contribution is 2.19. The molecular weight excluding hydrogens is 282 g/mol. The van der Waals surface area contributed by atoms with E-state index in [0.717, 1.165) is 12.1 Å². The van der Waals surface area contributed by atoms with E-state index in [9.17, 15) is 13.2 Å². The lowest BCUT2D eigenvalue weighted by Crippen LogP contribution is -2.39. The topological polar surface area (TPSA) is 92.5 Å². The lowest BCUT2D eigenvalue weighted by atomic mass is 10.2. The number of nitrogens with zero attached hydrogens (tertiary/aromatic N) is 3. The van der Waals surface area contributed by atoms with Gasteiger partial charge in [-0.3, -0.25) is 14.4 Å². The number of carboxylic acids is 1. The molecule has 20 heavy (non-hydrogen) atoms. The van der Waals surface area contributed by atoms with E-state index in [1.807, 2.05) is 13.1 Å². The van der Waals surface area contributed by atoms with Crippen LogP contribution in [0.4, 0.5) is 0 Å². The maximum Gasteiger partial charge on any atom is 0.317 e. The number of carbonyl (C=O) groups is 1. The van der Waals surface area contributed by atoms with Gasteiger partial charge in [-0.05, 0) is 13.3 Å². The van der Waals surface area contributed by atoms with Gasteiger partial charge in [-0.2, -0.15) is 5.10 Å². The first kappa shape index (κ1) is 15.0. The van der Waals surface area contributed by atoms with Crippen LogP contribution in [0, 0.1) is 0 Å². The molecule has 1 fully saturated rings. The molecule has 1 aliphatic heterocycles. The SMILES string of the molecule is CCn1cc(CN(CC(=O)O)C2CCS(=O)(=O)C2)cn1. The summed E-state index contributed by atoms with van der Waals surface area (Å²) in [4.78, 5) is 12.7. The molecule has 2 heterocycles. The fraction of sp³-hybridized carbons (Fsp3) is 0.667. The van der Waals surface area contributed by atoms with Gasteiger partial charge in [0.15, 0.2) is 9.84 Å². The van der Waals surface area contributed by atoms with E-state index in [1.165, 1.54) is 0 Å². The summed E-state index contributed by atoms with van der Waals surface area (Å²) in [7, 11) is -3.02. The monoisotopic (exact) mass is 301 g/mol. The van der Waals surface area contributed by atoms with Crippen molar-refractivity contribution in [2.24, 2.45) is 0 Å². The molecule has 112 valence electrons. The lowest BCUT2D eigenvalue weighted by molar-refractivity contribution is -0.139. The highest BCUT2D eigenvalue weighted by Gasteiger charge is 2.33. The van der Waals surface area contributed by atoms with Gasteiger partial charge >= 0.3 is 5.97 Å². The number of hydrogen-bond donors (Lipinski definition) is 1. The highest BCUT2D eigenvalue weighted by atomic mass is 32.2. The third kappa shape index (κ3) is 3.80. The predicted molar refractivity (Wildman–Crippen MR) is 73.0 cm³/mol. The summed E-state index contributed by atoms with van der Waals surface area (Å²) < 4.78 is 24.9. The van der Waals surface area contributed by atoms with Crippen molar-refractivity contribution in [1.82, 2.24) is 14.7 Å². The van der Waals surface area contributed by atoms with Crippen molar-refractivity contribution in [1.29, 1.82) is 0 Å². The quantitative estimate of drug-likeness (QED) is 0.793. The molecule has 1 aromatic rings. The second kappa shape index (κ2) is 5.92. The maximum atomic E-state index is 11.5. The van der Waals surface area contributed by atoms with Gasteiger partial charge in [-0.1, -0.05) is 0 Å². The highest BCUT2D eigenvalue weighted by molar-refractivity contribution is 7.91. The molecule has 0 saturated carbocycles. The fourth-order valence-corrected chi connectivity index (χ4v) is 4.21. The van der Waals surface area contributed by atoms with Crippen molar-refractivity contribution < 1.29 is 18.3 Å². The summed E-state index contributed by atoms with van der Waals surface area (Å²) in [5, 5.41) is 13.1. The second-order valence-corrected chi connectivity index (χ2v) is 7.29. The summed E-state index contributed by atoms with van der Waals surface area (Å²) in [5.74, 6) is -0.762. The molecule has 0 spiro atoms. The molecule has 1 aliphatic rings. The van der Waals surface area contributed by atoms with Crippen LogP contribution in [0.25, 0.3) is 0 Å². The molecule has 1 saturated heterocycles. The largest absolute Gasteiger partial charge is 0.480 e. The van der Waals surface area contributed by atoms with Crippen LogP contribution in [0.15, 0.2) is 12.4 Å². The Bertz CT molecular complexity index is 581. The Morgan fingerprint density at radius 3 is 2.85 bits per heavy atom. The maximum absolute atomic E-state index is 11.5. The number of rotatable bonds is 6. The van der Waals surface area contributed by atoms with E-state index in [-0.39, 0.29) is 24.1 Å². The van der Waals surface area contributed by atoms with E-state index in [2.05, 4.69) is 5.10 Å². The van der Waals surface area contributed by atoms with Crippen LogP contribution in [0.5, 0.6) is 0 Å². The van der Waals surface area contributed by atoms with Crippen LogP contribution in [0.3, 0.4) is 0 Å². The molecule has 8 heteroatoms. The van der Waals surface area contributed by atoms with Gasteiger partial charge in [0.1, 0.15) is 0 Å². The van der Waals surface area contributed by atoms with Gasteiger partial charge in [0.25, 0.3) is 0 Å². The Labute approximate surface area is 118 Å². The second-order valence-electron chi connectivity index (χ2n) is 5.06. The van der Waals surface area contributed by atoms with Gasteiger partial charge in [0.2, 0.25) is 0 Å².